The minimum Gasteiger partial charge on any atom is -0.483 e. The van der Waals surface area contributed by atoms with E-state index >= 15 is 0 Å². The van der Waals surface area contributed by atoms with E-state index < -0.39 is 11.2 Å². The zero-order valence-corrected chi connectivity index (χ0v) is 16.3. The first-order valence-corrected chi connectivity index (χ1v) is 9.65. The first-order valence-electron chi connectivity index (χ1n) is 9.65. The fraction of sp³-hybridized carbons (Fsp3) is 0.292. The third-order valence-electron chi connectivity index (χ3n) is 6.21. The Kier molecular flexibility index (Phi) is 3.67. The van der Waals surface area contributed by atoms with Crippen molar-refractivity contribution < 1.29 is 14.4 Å². The van der Waals surface area contributed by atoms with E-state index in [0.717, 1.165) is 5.56 Å². The first-order chi connectivity index (χ1) is 13.4. The first kappa shape index (κ1) is 17.4. The van der Waals surface area contributed by atoms with Gasteiger partial charge in [-0.3, -0.25) is 9.63 Å². The van der Waals surface area contributed by atoms with E-state index in [9.17, 15) is 4.79 Å². The smallest absolute Gasteiger partial charge is 0.204 e. The number of nitrogens with zero attached hydrogens (tertiary/aromatic N) is 1. The van der Waals surface area contributed by atoms with Gasteiger partial charge in [-0.15, -0.1) is 0 Å². The van der Waals surface area contributed by atoms with Gasteiger partial charge >= 0.3 is 0 Å². The molecule has 0 aliphatic carbocycles. The minimum absolute atomic E-state index is 0.00510. The number of para-hydroxylation sites is 1. The number of carbonyl (C=O) groups is 1. The van der Waals surface area contributed by atoms with Gasteiger partial charge in [0, 0.05) is 13.5 Å². The Bertz CT molecular complexity index is 1090. The van der Waals surface area contributed by atoms with Gasteiger partial charge in [-0.2, -0.15) is 5.06 Å². The van der Waals surface area contributed by atoms with Crippen molar-refractivity contribution in [3.8, 4) is 5.75 Å². The van der Waals surface area contributed by atoms with Crippen LogP contribution in [0, 0.1) is 0 Å². The summed E-state index contributed by atoms with van der Waals surface area (Å²) < 4.78 is 6.26. The van der Waals surface area contributed by atoms with E-state index in [0.29, 0.717) is 17.7 Å². The highest BCUT2D eigenvalue weighted by atomic mass is 16.7. The summed E-state index contributed by atoms with van der Waals surface area (Å²) in [6, 6.07) is 22.1. The highest BCUT2D eigenvalue weighted by Crippen LogP contribution is 2.51. The van der Waals surface area contributed by atoms with Crippen molar-refractivity contribution in [2.45, 2.75) is 37.5 Å². The lowest BCUT2D eigenvalue weighted by molar-refractivity contribution is -0.220. The van der Waals surface area contributed by atoms with Gasteiger partial charge in [0.1, 0.15) is 11.4 Å². The van der Waals surface area contributed by atoms with Gasteiger partial charge in [-0.1, -0.05) is 48.5 Å². The van der Waals surface area contributed by atoms with Crippen molar-refractivity contribution in [2.24, 2.45) is 0 Å². The molecule has 2 aliphatic rings. The molecule has 0 aromatic heterocycles. The molecule has 1 spiro atoms. The monoisotopic (exact) mass is 373 g/mol. The van der Waals surface area contributed by atoms with Crippen molar-refractivity contribution in [2.75, 3.05) is 7.05 Å². The standard InChI is InChI=1S/C24H23NO3/c1-23(2)24(22(26)19-10-6-7-11-21(19)27-23)15-20(25(3)28-24)18-13-12-16-8-4-5-9-17(16)14-18/h4-14,20H,15H2,1-3H3/t20-,24+/m0/s1. The molecule has 4 heteroatoms. The second kappa shape index (κ2) is 5.90. The van der Waals surface area contributed by atoms with Crippen LogP contribution in [0.15, 0.2) is 66.7 Å². The van der Waals surface area contributed by atoms with Crippen molar-refractivity contribution >= 4 is 16.6 Å². The predicted octanol–water partition coefficient (Wildman–Crippen LogP) is 4.94. The molecule has 0 unspecified atom stereocenters. The summed E-state index contributed by atoms with van der Waals surface area (Å²) >= 11 is 0. The molecule has 2 aliphatic heterocycles. The molecular weight excluding hydrogens is 350 g/mol. The number of ether oxygens (including phenoxy) is 1. The lowest BCUT2D eigenvalue weighted by atomic mass is 9.73. The quantitative estimate of drug-likeness (QED) is 0.606. The van der Waals surface area contributed by atoms with E-state index in [-0.39, 0.29) is 11.8 Å². The fourth-order valence-corrected chi connectivity index (χ4v) is 4.57. The van der Waals surface area contributed by atoms with Gasteiger partial charge in [0.05, 0.1) is 11.6 Å². The van der Waals surface area contributed by atoms with Gasteiger partial charge in [-0.25, -0.2) is 0 Å². The van der Waals surface area contributed by atoms with Crippen molar-refractivity contribution in [3.63, 3.8) is 0 Å². The molecule has 5 rings (SSSR count). The Labute approximate surface area is 164 Å². The number of carbonyl (C=O) groups excluding carboxylic acids is 1. The second-order valence-corrected chi connectivity index (χ2v) is 8.23. The molecule has 2 atom stereocenters. The molecule has 2 heterocycles. The second-order valence-electron chi connectivity index (χ2n) is 8.23. The molecule has 28 heavy (non-hydrogen) atoms. The van der Waals surface area contributed by atoms with E-state index in [4.69, 9.17) is 9.57 Å². The molecule has 142 valence electrons. The molecule has 0 N–H and O–H groups in total. The Hall–Kier alpha value is -2.69. The zero-order valence-electron chi connectivity index (χ0n) is 16.3. The summed E-state index contributed by atoms with van der Waals surface area (Å²) in [5.41, 5.74) is -0.0973. The van der Waals surface area contributed by atoms with E-state index in [1.807, 2.05) is 62.4 Å². The maximum atomic E-state index is 13.6. The van der Waals surface area contributed by atoms with E-state index in [1.54, 1.807) is 0 Å². The minimum atomic E-state index is -1.05. The SMILES string of the molecule is CN1O[C@]2(C[C@H]1c1ccc3ccccc3c1)C(=O)c1ccccc1OC2(C)C. The number of hydrogen-bond acceptors (Lipinski definition) is 4. The number of hydrogen-bond donors (Lipinski definition) is 0. The lowest BCUT2D eigenvalue weighted by Crippen LogP contribution is -2.61. The molecule has 3 aromatic carbocycles. The van der Waals surface area contributed by atoms with Gasteiger partial charge in [0.2, 0.25) is 5.78 Å². The molecule has 1 fully saturated rings. The molecule has 3 aromatic rings. The Morgan fingerprint density at radius 1 is 0.964 bits per heavy atom. The third kappa shape index (κ3) is 2.35. The Balaban J connectivity index is 1.58. The molecule has 0 saturated carbocycles. The average molecular weight is 373 g/mol. The van der Waals surface area contributed by atoms with Crippen LogP contribution in [0.1, 0.15) is 42.2 Å². The average Bonchev–Trinajstić information content (AvgIpc) is 3.05. The topological polar surface area (TPSA) is 38.8 Å². The van der Waals surface area contributed by atoms with Crippen LogP contribution in [-0.4, -0.2) is 29.1 Å². The molecule has 0 radical (unpaired) electrons. The van der Waals surface area contributed by atoms with Crippen LogP contribution in [0.3, 0.4) is 0 Å². The summed E-state index contributed by atoms with van der Waals surface area (Å²) in [5, 5.41) is 4.21. The predicted molar refractivity (Wildman–Crippen MR) is 108 cm³/mol. The van der Waals surface area contributed by atoms with Crippen LogP contribution in [0.2, 0.25) is 0 Å². The number of Topliss-reactive ketones (excluding diaryl/α,β-unsaturated/α-hetero) is 1. The Morgan fingerprint density at radius 3 is 2.50 bits per heavy atom. The number of rotatable bonds is 1. The van der Waals surface area contributed by atoms with Crippen LogP contribution in [-0.2, 0) is 4.84 Å². The summed E-state index contributed by atoms with van der Waals surface area (Å²) in [7, 11) is 1.90. The lowest BCUT2D eigenvalue weighted by Gasteiger charge is -2.45. The maximum absolute atomic E-state index is 13.6. The number of benzene rings is 3. The van der Waals surface area contributed by atoms with E-state index in [1.165, 1.54) is 10.8 Å². The van der Waals surface area contributed by atoms with Crippen molar-refractivity contribution in [1.29, 1.82) is 0 Å². The van der Waals surface area contributed by atoms with Crippen molar-refractivity contribution in [1.82, 2.24) is 5.06 Å². The molecule has 0 amide bonds. The van der Waals surface area contributed by atoms with Gasteiger partial charge in [0.15, 0.2) is 5.60 Å². The Morgan fingerprint density at radius 2 is 1.68 bits per heavy atom. The van der Waals surface area contributed by atoms with Crippen LogP contribution < -0.4 is 4.74 Å². The van der Waals surface area contributed by atoms with Crippen LogP contribution in [0.5, 0.6) is 5.75 Å². The molecule has 1 saturated heterocycles. The number of hydroxylamine groups is 2. The summed E-state index contributed by atoms with van der Waals surface area (Å²) in [5.74, 6) is 0.623. The maximum Gasteiger partial charge on any atom is 0.204 e. The fourth-order valence-electron chi connectivity index (χ4n) is 4.57. The van der Waals surface area contributed by atoms with Crippen LogP contribution in [0.4, 0.5) is 0 Å². The van der Waals surface area contributed by atoms with Crippen LogP contribution >= 0.6 is 0 Å². The van der Waals surface area contributed by atoms with Gasteiger partial charge < -0.3 is 4.74 Å². The normalized spacial score (nSPS) is 26.4. The number of ketones is 1. The van der Waals surface area contributed by atoms with Gasteiger partial charge in [0.25, 0.3) is 0 Å². The van der Waals surface area contributed by atoms with Crippen molar-refractivity contribution in [3.05, 3.63) is 77.9 Å². The third-order valence-corrected chi connectivity index (χ3v) is 6.21. The van der Waals surface area contributed by atoms with Crippen LogP contribution in [0.25, 0.3) is 10.8 Å². The molecule has 4 nitrogen and oxygen atoms in total. The highest BCUT2D eigenvalue weighted by molar-refractivity contribution is 6.06. The summed E-state index contributed by atoms with van der Waals surface area (Å²) in [6.45, 7) is 3.88. The molecule has 0 bridgehead atoms. The summed E-state index contributed by atoms with van der Waals surface area (Å²) in [6.07, 6.45) is 0.544. The summed E-state index contributed by atoms with van der Waals surface area (Å²) in [4.78, 5) is 19.9. The zero-order chi connectivity index (χ0) is 19.5. The molecular formula is C24H23NO3. The number of fused-ring (bicyclic) bond motifs is 2. The van der Waals surface area contributed by atoms with Gasteiger partial charge in [-0.05, 0) is 48.4 Å². The van der Waals surface area contributed by atoms with E-state index in [2.05, 4.69) is 30.3 Å². The highest BCUT2D eigenvalue weighted by Gasteiger charge is 2.63. The largest absolute Gasteiger partial charge is 0.483 e.